The molecule has 1 fully saturated rings. The molecule has 37 heavy (non-hydrogen) atoms. The van der Waals surface area contributed by atoms with Gasteiger partial charge in [-0.3, -0.25) is 9.59 Å². The molecule has 0 saturated carbocycles. The minimum absolute atomic E-state index is 0.117. The highest BCUT2D eigenvalue weighted by Crippen LogP contribution is 2.39. The summed E-state index contributed by atoms with van der Waals surface area (Å²) in [6, 6.07) is 23.9. The summed E-state index contributed by atoms with van der Waals surface area (Å²) in [4.78, 5) is 30.2. The van der Waals surface area contributed by atoms with E-state index in [0.29, 0.717) is 31.0 Å². The van der Waals surface area contributed by atoms with Crippen LogP contribution in [0.3, 0.4) is 0 Å². The molecule has 1 amide bonds. The van der Waals surface area contributed by atoms with Crippen LogP contribution in [0.2, 0.25) is 0 Å². The number of hydrogen-bond donors (Lipinski definition) is 1. The van der Waals surface area contributed by atoms with Crippen LogP contribution < -0.4 is 4.74 Å². The highest BCUT2D eigenvalue weighted by molar-refractivity contribution is 6.46. The number of likely N-dealkylation sites (tertiary alicyclic amines) is 1. The predicted molar refractivity (Wildman–Crippen MR) is 145 cm³/mol. The molecule has 1 atom stereocenters. The molecule has 0 aliphatic carbocycles. The van der Waals surface area contributed by atoms with Crippen LogP contribution in [-0.4, -0.2) is 52.8 Å². The van der Waals surface area contributed by atoms with Crippen molar-refractivity contribution >= 4 is 17.4 Å². The molecule has 0 bridgehead atoms. The number of aliphatic hydroxyl groups excluding tert-OH is 1. The molecule has 1 unspecified atom stereocenters. The lowest BCUT2D eigenvalue weighted by atomic mass is 9.95. The Kier molecular flexibility index (Phi) is 8.41. The van der Waals surface area contributed by atoms with E-state index in [0.717, 1.165) is 29.8 Å². The summed E-state index contributed by atoms with van der Waals surface area (Å²) >= 11 is 0. The first-order valence-electron chi connectivity index (χ1n) is 12.8. The maximum Gasteiger partial charge on any atom is 0.295 e. The van der Waals surface area contributed by atoms with Crippen molar-refractivity contribution in [3.63, 3.8) is 0 Å². The molecule has 4 rings (SSSR count). The number of nitrogens with zero attached hydrogens (tertiary/aromatic N) is 2. The third-order valence-electron chi connectivity index (χ3n) is 6.86. The van der Waals surface area contributed by atoms with E-state index in [4.69, 9.17) is 4.74 Å². The van der Waals surface area contributed by atoms with Gasteiger partial charge in [-0.15, -0.1) is 0 Å². The third kappa shape index (κ3) is 5.92. The molecule has 3 aromatic carbocycles. The Bertz CT molecular complexity index is 1250. The molecule has 1 saturated heterocycles. The van der Waals surface area contributed by atoms with Gasteiger partial charge in [-0.25, -0.2) is 0 Å². The van der Waals surface area contributed by atoms with Crippen LogP contribution in [0.15, 0.2) is 84.4 Å². The van der Waals surface area contributed by atoms with Crippen molar-refractivity contribution in [3.05, 3.63) is 107 Å². The number of hydrogen-bond acceptors (Lipinski definition) is 5. The summed E-state index contributed by atoms with van der Waals surface area (Å²) in [5.41, 5.74) is 3.49. The van der Waals surface area contributed by atoms with Gasteiger partial charge in [0.15, 0.2) is 0 Å². The van der Waals surface area contributed by atoms with E-state index in [-0.39, 0.29) is 11.3 Å². The lowest BCUT2D eigenvalue weighted by molar-refractivity contribution is -0.140. The van der Waals surface area contributed by atoms with Crippen molar-refractivity contribution in [3.8, 4) is 5.75 Å². The highest BCUT2D eigenvalue weighted by Gasteiger charge is 2.45. The molecule has 6 nitrogen and oxygen atoms in total. The number of likely N-dealkylation sites (N-methyl/N-ethyl adjacent to an activating group) is 1. The fourth-order valence-corrected chi connectivity index (χ4v) is 4.60. The number of ether oxygens (including phenoxy) is 1. The molecular weight excluding hydrogens is 464 g/mol. The lowest BCUT2D eigenvalue weighted by Crippen LogP contribution is -2.38. The number of benzene rings is 3. The van der Waals surface area contributed by atoms with Gasteiger partial charge in [0.1, 0.15) is 18.1 Å². The Hall–Kier alpha value is -3.90. The van der Waals surface area contributed by atoms with Gasteiger partial charge in [0.25, 0.3) is 11.7 Å². The van der Waals surface area contributed by atoms with Crippen molar-refractivity contribution in [2.75, 3.05) is 26.2 Å². The molecule has 0 spiro atoms. The van der Waals surface area contributed by atoms with Gasteiger partial charge in [-0.2, -0.15) is 0 Å². The Labute approximate surface area is 218 Å². The molecule has 1 aliphatic rings. The summed E-state index contributed by atoms with van der Waals surface area (Å²) in [6.07, 6.45) is 0. The number of rotatable bonds is 10. The average molecular weight is 499 g/mol. The Morgan fingerprint density at radius 3 is 2.19 bits per heavy atom. The molecule has 1 heterocycles. The van der Waals surface area contributed by atoms with Gasteiger partial charge in [0.05, 0.1) is 11.6 Å². The zero-order chi connectivity index (χ0) is 26.4. The second kappa shape index (κ2) is 11.9. The van der Waals surface area contributed by atoms with Crippen LogP contribution >= 0.6 is 0 Å². The average Bonchev–Trinajstić information content (AvgIpc) is 3.18. The van der Waals surface area contributed by atoms with Crippen molar-refractivity contribution < 1.29 is 19.4 Å². The third-order valence-corrected chi connectivity index (χ3v) is 6.86. The molecule has 0 aromatic heterocycles. The van der Waals surface area contributed by atoms with E-state index < -0.39 is 17.7 Å². The minimum atomic E-state index is -0.681. The molecule has 3 aromatic rings. The van der Waals surface area contributed by atoms with Gasteiger partial charge < -0.3 is 19.6 Å². The van der Waals surface area contributed by atoms with Crippen LogP contribution in [0.5, 0.6) is 5.75 Å². The Morgan fingerprint density at radius 1 is 0.919 bits per heavy atom. The standard InChI is InChI=1S/C31H34N2O4/c1-4-32(5-2)19-20-33-28(24-15-17-26(18-16-24)37-21-23-9-7-6-8-10-23)27(30(35)31(33)36)29(34)25-13-11-22(3)12-14-25/h6-18,28,34H,4-5,19-21H2,1-3H3. The molecule has 192 valence electrons. The number of Topliss-reactive ketones (excluding diaryl/α,β-unsaturated/α-hetero) is 1. The Balaban J connectivity index is 1.67. The quantitative estimate of drug-likeness (QED) is 0.232. The van der Waals surface area contributed by atoms with Crippen LogP contribution in [0, 0.1) is 6.92 Å². The van der Waals surface area contributed by atoms with Gasteiger partial charge in [-0.1, -0.05) is 86.1 Å². The van der Waals surface area contributed by atoms with Gasteiger partial charge in [0.2, 0.25) is 0 Å². The van der Waals surface area contributed by atoms with Gasteiger partial charge in [-0.05, 0) is 43.3 Å². The normalized spacial score (nSPS) is 17.0. The van der Waals surface area contributed by atoms with Crippen molar-refractivity contribution in [2.24, 2.45) is 0 Å². The predicted octanol–water partition coefficient (Wildman–Crippen LogP) is 5.34. The maximum absolute atomic E-state index is 13.2. The van der Waals surface area contributed by atoms with Gasteiger partial charge >= 0.3 is 0 Å². The van der Waals surface area contributed by atoms with Crippen LogP contribution in [-0.2, 0) is 16.2 Å². The number of carbonyl (C=O) groups excluding carboxylic acids is 2. The first-order valence-corrected chi connectivity index (χ1v) is 12.8. The van der Waals surface area contributed by atoms with Crippen LogP contribution in [0.25, 0.3) is 5.76 Å². The first-order chi connectivity index (χ1) is 17.9. The Morgan fingerprint density at radius 2 is 1.57 bits per heavy atom. The summed E-state index contributed by atoms with van der Waals surface area (Å²) in [5, 5.41) is 11.2. The number of carbonyl (C=O) groups is 2. The van der Waals surface area contributed by atoms with Crippen LogP contribution in [0.4, 0.5) is 0 Å². The second-order valence-corrected chi connectivity index (χ2v) is 9.23. The van der Waals surface area contributed by atoms with E-state index in [9.17, 15) is 14.7 Å². The summed E-state index contributed by atoms with van der Waals surface area (Å²) in [7, 11) is 0. The SMILES string of the molecule is CCN(CC)CCN1C(=O)C(=O)C(=C(O)c2ccc(C)cc2)C1c1ccc(OCc2ccccc2)cc1. The van der Waals surface area contributed by atoms with Crippen LogP contribution in [0.1, 0.15) is 42.1 Å². The summed E-state index contributed by atoms with van der Waals surface area (Å²) in [5.74, 6) is -0.716. The summed E-state index contributed by atoms with van der Waals surface area (Å²) < 4.78 is 5.93. The van der Waals surface area contributed by atoms with Gasteiger partial charge in [0, 0.05) is 18.7 Å². The fraction of sp³-hybridized carbons (Fsp3) is 0.290. The van der Waals surface area contributed by atoms with E-state index in [2.05, 4.69) is 18.7 Å². The maximum atomic E-state index is 13.2. The zero-order valence-corrected chi connectivity index (χ0v) is 21.7. The smallest absolute Gasteiger partial charge is 0.295 e. The van der Waals surface area contributed by atoms with E-state index in [1.807, 2.05) is 73.7 Å². The monoisotopic (exact) mass is 498 g/mol. The zero-order valence-electron chi connectivity index (χ0n) is 21.7. The number of aliphatic hydroxyl groups is 1. The largest absolute Gasteiger partial charge is 0.507 e. The van der Waals surface area contributed by atoms with E-state index in [1.54, 1.807) is 17.0 Å². The van der Waals surface area contributed by atoms with Crippen molar-refractivity contribution in [1.82, 2.24) is 9.80 Å². The lowest BCUT2D eigenvalue weighted by Gasteiger charge is -2.28. The minimum Gasteiger partial charge on any atom is -0.507 e. The fourth-order valence-electron chi connectivity index (χ4n) is 4.60. The molecule has 1 aliphatic heterocycles. The van der Waals surface area contributed by atoms with Crippen molar-refractivity contribution in [2.45, 2.75) is 33.4 Å². The van der Waals surface area contributed by atoms with E-state index in [1.165, 1.54) is 0 Å². The molecule has 1 N–H and O–H groups in total. The number of amides is 1. The highest BCUT2D eigenvalue weighted by atomic mass is 16.5. The molecule has 0 radical (unpaired) electrons. The summed E-state index contributed by atoms with van der Waals surface area (Å²) in [6.45, 7) is 9.26. The topological polar surface area (TPSA) is 70.1 Å². The van der Waals surface area contributed by atoms with Crippen molar-refractivity contribution in [1.29, 1.82) is 0 Å². The molecule has 6 heteroatoms. The second-order valence-electron chi connectivity index (χ2n) is 9.23. The van der Waals surface area contributed by atoms with E-state index >= 15 is 0 Å². The number of ketones is 1. The molecular formula is C31H34N2O4. The number of aryl methyl sites for hydroxylation is 1. The first kappa shape index (κ1) is 26.2.